The third-order valence-electron chi connectivity index (χ3n) is 5.45. The normalized spacial score (nSPS) is 24.5. The van der Waals surface area contributed by atoms with Crippen molar-refractivity contribution < 1.29 is 37.4 Å². The first-order valence-electron chi connectivity index (χ1n) is 10.5. The minimum atomic E-state index is -3.71. The molecule has 3 unspecified atom stereocenters. The highest BCUT2D eigenvalue weighted by molar-refractivity contribution is 7.61. The molecule has 4 rings (SSSR count). The molecule has 1 aliphatic heterocycles. The topological polar surface area (TPSA) is 172 Å². The van der Waals surface area contributed by atoms with Gasteiger partial charge in [0.15, 0.2) is 18.5 Å². The van der Waals surface area contributed by atoms with E-state index in [1.165, 1.54) is 6.66 Å². The minimum Gasteiger partial charge on any atom is -0.387 e. The van der Waals surface area contributed by atoms with Crippen molar-refractivity contribution in [3.8, 4) is 0 Å². The Morgan fingerprint density at radius 1 is 1.23 bits per heavy atom. The number of fused-ring (bicyclic) bond motifs is 1. The zero-order valence-electron chi connectivity index (χ0n) is 19.0. The summed E-state index contributed by atoms with van der Waals surface area (Å²) in [5.41, 5.74) is 0.406. The Morgan fingerprint density at radius 3 is 2.69 bits per heavy atom. The molecule has 3 heterocycles. The molecule has 188 valence electrons. The number of rotatable bonds is 8. The number of benzene rings is 1. The second-order valence-corrected chi connectivity index (χ2v) is 11.5. The molecule has 0 aliphatic carbocycles. The predicted molar refractivity (Wildman–Crippen MR) is 123 cm³/mol. The van der Waals surface area contributed by atoms with Crippen molar-refractivity contribution in [2.45, 2.75) is 38.0 Å². The molecule has 0 spiro atoms. The SMILES string of the molecule is Cc1ccc2c(Cn3c(=O)ccn([C@@H]4O[C@H](COP(C)(=O)O[P+](C)=O)[C@H](O)C4O)c3=O)noc2c1. The van der Waals surface area contributed by atoms with Gasteiger partial charge >= 0.3 is 21.3 Å². The molecule has 1 aromatic carbocycles. The lowest BCUT2D eigenvalue weighted by molar-refractivity contribution is -0.0527. The molecule has 35 heavy (non-hydrogen) atoms. The lowest BCUT2D eigenvalue weighted by Gasteiger charge is -2.18. The van der Waals surface area contributed by atoms with Gasteiger partial charge in [-0.2, -0.15) is 0 Å². The van der Waals surface area contributed by atoms with Gasteiger partial charge in [-0.3, -0.25) is 18.5 Å². The molecule has 0 radical (unpaired) electrons. The van der Waals surface area contributed by atoms with E-state index in [1.807, 2.05) is 13.0 Å². The van der Waals surface area contributed by atoms with E-state index >= 15 is 0 Å². The van der Waals surface area contributed by atoms with E-state index in [0.29, 0.717) is 16.7 Å². The lowest BCUT2D eigenvalue weighted by Crippen LogP contribution is -2.43. The third kappa shape index (κ3) is 5.36. The summed E-state index contributed by atoms with van der Waals surface area (Å²) in [6.45, 7) is 3.54. The van der Waals surface area contributed by atoms with Crippen LogP contribution in [0.1, 0.15) is 17.5 Å². The van der Waals surface area contributed by atoms with E-state index in [4.69, 9.17) is 18.1 Å². The van der Waals surface area contributed by atoms with Crippen LogP contribution in [-0.4, -0.2) is 62.8 Å². The number of nitrogens with zero attached hydrogens (tertiary/aromatic N) is 3. The van der Waals surface area contributed by atoms with Crippen LogP contribution in [0.15, 0.2) is 44.6 Å². The summed E-state index contributed by atoms with van der Waals surface area (Å²) in [6, 6.07) is 6.52. The van der Waals surface area contributed by atoms with E-state index < -0.39 is 58.0 Å². The summed E-state index contributed by atoms with van der Waals surface area (Å²) in [7, 11) is -5.90. The van der Waals surface area contributed by atoms with Gasteiger partial charge in [0.05, 0.1) is 13.2 Å². The van der Waals surface area contributed by atoms with Gasteiger partial charge in [-0.05, 0) is 29.2 Å². The van der Waals surface area contributed by atoms with Crippen LogP contribution in [-0.2, 0) is 29.2 Å². The van der Waals surface area contributed by atoms with E-state index in [2.05, 4.69) is 5.16 Å². The van der Waals surface area contributed by atoms with Crippen molar-refractivity contribution in [3.05, 3.63) is 62.6 Å². The van der Waals surface area contributed by atoms with Crippen LogP contribution in [0.2, 0.25) is 0 Å². The first-order valence-corrected chi connectivity index (χ1v) is 14.1. The summed E-state index contributed by atoms with van der Waals surface area (Å²) in [6.07, 6.45) is -4.48. The highest BCUT2D eigenvalue weighted by Gasteiger charge is 2.45. The van der Waals surface area contributed by atoms with Crippen LogP contribution in [0, 0.1) is 6.92 Å². The fraction of sp³-hybridized carbons (Fsp3) is 0.450. The average Bonchev–Trinajstić information content (AvgIpc) is 3.29. The van der Waals surface area contributed by atoms with Crippen LogP contribution < -0.4 is 11.2 Å². The van der Waals surface area contributed by atoms with E-state index in [9.17, 15) is 28.9 Å². The molecule has 0 amide bonds. The molecule has 0 bridgehead atoms. The van der Waals surface area contributed by atoms with Crippen LogP contribution in [0.25, 0.3) is 11.0 Å². The summed E-state index contributed by atoms with van der Waals surface area (Å²) in [4.78, 5) is 25.6. The van der Waals surface area contributed by atoms with Crippen LogP contribution in [0.3, 0.4) is 0 Å². The lowest BCUT2D eigenvalue weighted by atomic mass is 10.1. The number of hydrogen-bond donors (Lipinski definition) is 2. The Morgan fingerprint density at radius 2 is 1.97 bits per heavy atom. The van der Waals surface area contributed by atoms with Crippen molar-refractivity contribution in [3.63, 3.8) is 0 Å². The van der Waals surface area contributed by atoms with Gasteiger partial charge in [-0.1, -0.05) is 15.5 Å². The molecular weight excluding hydrogens is 504 g/mol. The van der Waals surface area contributed by atoms with Crippen LogP contribution in [0.4, 0.5) is 0 Å². The van der Waals surface area contributed by atoms with Gasteiger partial charge < -0.3 is 24.0 Å². The number of aliphatic hydroxyl groups excluding tert-OH is 2. The molecule has 13 nitrogen and oxygen atoms in total. The van der Waals surface area contributed by atoms with Gasteiger partial charge in [0.1, 0.15) is 24.0 Å². The summed E-state index contributed by atoms with van der Waals surface area (Å²) in [5, 5.41) is 25.5. The smallest absolute Gasteiger partial charge is 0.387 e. The maximum atomic E-state index is 13.2. The maximum absolute atomic E-state index is 13.2. The second-order valence-electron chi connectivity index (χ2n) is 8.19. The second kappa shape index (κ2) is 9.87. The molecule has 1 aliphatic rings. The van der Waals surface area contributed by atoms with Gasteiger partial charge in [0, 0.05) is 24.3 Å². The molecule has 2 N–H and O–H groups in total. The number of hydrogen-bond acceptors (Lipinski definition) is 11. The average molecular weight is 528 g/mol. The fourth-order valence-electron chi connectivity index (χ4n) is 3.77. The van der Waals surface area contributed by atoms with Gasteiger partial charge in [-0.15, -0.1) is 0 Å². The molecule has 6 atom stereocenters. The zero-order chi connectivity index (χ0) is 25.5. The molecule has 1 fully saturated rings. The van der Waals surface area contributed by atoms with Crippen molar-refractivity contribution in [1.29, 1.82) is 0 Å². The Kier molecular flexibility index (Phi) is 7.21. The van der Waals surface area contributed by atoms with Gasteiger partial charge in [0.2, 0.25) is 0 Å². The Hall–Kier alpha value is -2.50. The number of aliphatic hydroxyl groups is 2. The van der Waals surface area contributed by atoms with Crippen molar-refractivity contribution >= 4 is 26.6 Å². The largest absolute Gasteiger partial charge is 0.513 e. The van der Waals surface area contributed by atoms with Gasteiger partial charge in [-0.25, -0.2) is 4.79 Å². The Balaban J connectivity index is 1.58. The van der Waals surface area contributed by atoms with Crippen molar-refractivity contribution in [2.75, 3.05) is 19.9 Å². The Labute approximate surface area is 199 Å². The summed E-state index contributed by atoms with van der Waals surface area (Å²) in [5.74, 6) is 0. The monoisotopic (exact) mass is 528 g/mol. The molecular formula is C20H24N3O10P2+. The Bertz CT molecular complexity index is 1430. The minimum absolute atomic E-state index is 0.196. The maximum Gasteiger partial charge on any atom is 0.513 e. The van der Waals surface area contributed by atoms with E-state index in [0.717, 1.165) is 33.6 Å². The van der Waals surface area contributed by atoms with Crippen LogP contribution in [0.5, 0.6) is 0 Å². The standard InChI is InChI=1S/C20H24N3O10P2/c1-11-4-5-12-13(21-32-14(12)8-11)9-23-16(24)6-7-22(20(23)27)19-18(26)17(25)15(31-19)10-30-35(3,29)33-34(2)28/h4-8,15,17-19,25-26H,9-10H2,1-3H3/q+1/t15-,17+,18?,19-,35?/m1/s1. The third-order valence-corrected chi connectivity index (χ3v) is 8.18. The highest BCUT2D eigenvalue weighted by atomic mass is 31.2. The van der Waals surface area contributed by atoms with Crippen molar-refractivity contribution in [1.82, 2.24) is 14.3 Å². The quantitative estimate of drug-likeness (QED) is 0.404. The number of aromatic nitrogens is 3. The van der Waals surface area contributed by atoms with Crippen LogP contribution >= 0.6 is 15.6 Å². The van der Waals surface area contributed by atoms with E-state index in [1.54, 1.807) is 12.1 Å². The molecule has 3 aromatic rings. The molecule has 2 aromatic heterocycles. The fourth-order valence-corrected chi connectivity index (χ4v) is 6.05. The predicted octanol–water partition coefficient (Wildman–Crippen LogP) is 1.36. The summed E-state index contributed by atoms with van der Waals surface area (Å²) >= 11 is 0. The molecule has 0 saturated carbocycles. The van der Waals surface area contributed by atoms with Gasteiger partial charge in [0.25, 0.3) is 5.56 Å². The molecule has 1 saturated heterocycles. The van der Waals surface area contributed by atoms with E-state index in [-0.39, 0.29) is 6.54 Å². The molecule has 15 heteroatoms. The first-order chi connectivity index (χ1) is 16.5. The summed E-state index contributed by atoms with van der Waals surface area (Å²) < 4.78 is 46.0. The highest BCUT2D eigenvalue weighted by Crippen LogP contribution is 2.51. The first kappa shape index (κ1) is 25.6. The van der Waals surface area contributed by atoms with Crippen molar-refractivity contribution in [2.24, 2.45) is 0 Å². The number of ether oxygens (including phenoxy) is 1. The number of aryl methyl sites for hydroxylation is 1. The zero-order valence-corrected chi connectivity index (χ0v) is 20.8.